The molecule has 0 spiro atoms. The second-order valence-electron chi connectivity index (χ2n) is 8.00. The average Bonchev–Trinajstić information content (AvgIpc) is 3.39. The van der Waals surface area contributed by atoms with E-state index in [1.165, 1.54) is 16.8 Å². The van der Waals surface area contributed by atoms with Crippen molar-refractivity contribution in [2.24, 2.45) is 0 Å². The molecule has 0 aliphatic carbocycles. The Labute approximate surface area is 172 Å². The van der Waals surface area contributed by atoms with E-state index in [1.54, 1.807) is 7.11 Å². The minimum Gasteiger partial charge on any atom is -0.497 e. The Morgan fingerprint density at radius 3 is 2.28 bits per heavy atom. The van der Waals surface area contributed by atoms with Gasteiger partial charge in [-0.2, -0.15) is 5.10 Å². The molecule has 29 heavy (non-hydrogen) atoms. The number of aromatic amines is 1. The van der Waals surface area contributed by atoms with Crippen molar-refractivity contribution in [1.29, 1.82) is 0 Å². The molecule has 2 aromatic carbocycles. The molecule has 2 atom stereocenters. The third-order valence-corrected chi connectivity index (χ3v) is 5.56. The lowest BCUT2D eigenvalue weighted by atomic mass is 9.87. The van der Waals surface area contributed by atoms with E-state index in [4.69, 9.17) is 9.47 Å². The van der Waals surface area contributed by atoms with Crippen molar-refractivity contribution < 1.29 is 9.47 Å². The average molecular weight is 392 g/mol. The number of nitrogens with zero attached hydrogens (tertiary/aromatic N) is 2. The number of benzene rings is 2. The van der Waals surface area contributed by atoms with E-state index < -0.39 is 0 Å². The zero-order valence-corrected chi connectivity index (χ0v) is 17.3. The van der Waals surface area contributed by atoms with Gasteiger partial charge < -0.3 is 9.47 Å². The monoisotopic (exact) mass is 391 g/mol. The lowest BCUT2D eigenvalue weighted by Gasteiger charge is -2.18. The first-order chi connectivity index (χ1) is 14.1. The first-order valence-corrected chi connectivity index (χ1v) is 10.2. The molecule has 5 heteroatoms. The van der Waals surface area contributed by atoms with Gasteiger partial charge in [0.25, 0.3) is 0 Å². The summed E-state index contributed by atoms with van der Waals surface area (Å²) >= 11 is 0. The van der Waals surface area contributed by atoms with E-state index in [2.05, 4.69) is 69.7 Å². The van der Waals surface area contributed by atoms with Gasteiger partial charge >= 0.3 is 0 Å². The van der Waals surface area contributed by atoms with Gasteiger partial charge in [0.1, 0.15) is 11.5 Å². The highest BCUT2D eigenvalue weighted by Crippen LogP contribution is 2.39. The molecular weight excluding hydrogens is 362 g/mol. The maximum Gasteiger partial charge on any atom is 0.119 e. The number of ether oxygens (including phenoxy) is 2. The highest BCUT2D eigenvalue weighted by molar-refractivity contribution is 5.34. The van der Waals surface area contributed by atoms with Crippen molar-refractivity contribution in [2.45, 2.75) is 38.3 Å². The van der Waals surface area contributed by atoms with Crippen molar-refractivity contribution in [3.05, 3.63) is 77.6 Å². The van der Waals surface area contributed by atoms with Crippen molar-refractivity contribution >= 4 is 0 Å². The topological polar surface area (TPSA) is 50.4 Å². The maximum atomic E-state index is 5.76. The Hall–Kier alpha value is -2.79. The van der Waals surface area contributed by atoms with Gasteiger partial charge in [0.2, 0.25) is 0 Å². The molecule has 4 rings (SSSR count). The Morgan fingerprint density at radius 1 is 0.966 bits per heavy atom. The molecule has 1 N–H and O–H groups in total. The number of rotatable bonds is 7. The first kappa shape index (κ1) is 19.5. The summed E-state index contributed by atoms with van der Waals surface area (Å²) in [6.07, 6.45) is 2.04. The molecule has 1 aliphatic heterocycles. The van der Waals surface area contributed by atoms with E-state index in [0.717, 1.165) is 31.1 Å². The fourth-order valence-electron chi connectivity index (χ4n) is 4.20. The summed E-state index contributed by atoms with van der Waals surface area (Å²) in [5, 5.41) is 7.38. The van der Waals surface area contributed by atoms with Crippen molar-refractivity contribution in [2.75, 3.05) is 20.2 Å². The van der Waals surface area contributed by atoms with Crippen LogP contribution in [0.5, 0.6) is 11.5 Å². The van der Waals surface area contributed by atoms with E-state index in [-0.39, 0.29) is 6.10 Å². The molecule has 0 bridgehead atoms. The quantitative estimate of drug-likeness (QED) is 0.640. The molecule has 1 aromatic heterocycles. The van der Waals surface area contributed by atoms with Gasteiger partial charge in [-0.3, -0.25) is 10.00 Å². The number of methoxy groups -OCH3 is 1. The minimum absolute atomic E-state index is 0.194. The lowest BCUT2D eigenvalue weighted by molar-refractivity contribution is 0.242. The highest BCUT2D eigenvalue weighted by Gasteiger charge is 2.35. The number of nitrogens with one attached hydrogen (secondary N) is 1. The van der Waals surface area contributed by atoms with Gasteiger partial charge in [-0.15, -0.1) is 0 Å². The largest absolute Gasteiger partial charge is 0.497 e. The highest BCUT2D eigenvalue weighted by atomic mass is 16.5. The number of likely N-dealkylation sites (tertiary alicyclic amines) is 1. The molecule has 152 valence electrons. The SMILES string of the molecule is COc1ccc([C@@H]2CN(Cc3ccc(OC(C)C)cc3)C[C@H]2c2ccn[nH]2)cc1. The van der Waals surface area contributed by atoms with Crippen LogP contribution in [0.3, 0.4) is 0 Å². The van der Waals surface area contributed by atoms with Crippen LogP contribution in [0.15, 0.2) is 60.8 Å². The van der Waals surface area contributed by atoms with Gasteiger partial charge in [-0.25, -0.2) is 0 Å². The second-order valence-corrected chi connectivity index (χ2v) is 8.00. The molecule has 0 amide bonds. The Morgan fingerprint density at radius 2 is 1.66 bits per heavy atom. The summed E-state index contributed by atoms with van der Waals surface area (Å²) in [5.74, 6) is 2.64. The van der Waals surface area contributed by atoms with Crippen molar-refractivity contribution in [3.63, 3.8) is 0 Å². The molecule has 5 nitrogen and oxygen atoms in total. The second kappa shape index (κ2) is 8.70. The molecule has 1 saturated heterocycles. The molecule has 0 unspecified atom stereocenters. The number of hydrogen-bond donors (Lipinski definition) is 1. The predicted molar refractivity (Wildman–Crippen MR) is 115 cm³/mol. The fourth-order valence-corrected chi connectivity index (χ4v) is 4.20. The predicted octanol–water partition coefficient (Wildman–Crippen LogP) is 4.59. The summed E-state index contributed by atoms with van der Waals surface area (Å²) in [6.45, 7) is 7.04. The molecule has 2 heterocycles. The Kier molecular flexibility index (Phi) is 5.86. The van der Waals surface area contributed by atoms with Crippen molar-refractivity contribution in [3.8, 4) is 11.5 Å². The zero-order chi connectivity index (χ0) is 20.2. The molecular formula is C24H29N3O2. The van der Waals surface area contributed by atoms with E-state index in [0.29, 0.717) is 11.8 Å². The van der Waals surface area contributed by atoms with Crippen LogP contribution in [0.4, 0.5) is 0 Å². The van der Waals surface area contributed by atoms with Crippen LogP contribution in [0.2, 0.25) is 0 Å². The maximum absolute atomic E-state index is 5.76. The molecule has 0 radical (unpaired) electrons. The number of H-pyrrole nitrogens is 1. The standard InChI is InChI=1S/C24H29N3O2/c1-17(2)29-21-8-4-18(5-9-21)14-27-15-22(19-6-10-20(28-3)11-7-19)23(16-27)24-12-13-25-26-24/h4-13,17,22-23H,14-16H2,1-3H3,(H,25,26)/t22-,23+/m0/s1. The van der Waals surface area contributed by atoms with Gasteiger partial charge in [0.15, 0.2) is 0 Å². The summed E-state index contributed by atoms with van der Waals surface area (Å²) in [7, 11) is 1.71. The summed E-state index contributed by atoms with van der Waals surface area (Å²) in [6, 6.07) is 19.1. The molecule has 3 aromatic rings. The molecule has 1 fully saturated rings. The van der Waals surface area contributed by atoms with Crippen LogP contribution in [0.25, 0.3) is 0 Å². The number of hydrogen-bond acceptors (Lipinski definition) is 4. The third kappa shape index (κ3) is 4.62. The van der Waals surface area contributed by atoms with Gasteiger partial charge in [-0.05, 0) is 55.3 Å². The molecule has 0 saturated carbocycles. The van der Waals surface area contributed by atoms with Crippen molar-refractivity contribution in [1.82, 2.24) is 15.1 Å². The van der Waals surface area contributed by atoms with Crippen LogP contribution in [-0.4, -0.2) is 41.4 Å². The van der Waals surface area contributed by atoms with Crippen LogP contribution in [-0.2, 0) is 6.54 Å². The number of aromatic nitrogens is 2. The minimum atomic E-state index is 0.194. The Balaban J connectivity index is 1.50. The van der Waals surface area contributed by atoms with Crippen LogP contribution in [0.1, 0.15) is 42.5 Å². The van der Waals surface area contributed by atoms with Crippen LogP contribution in [0, 0.1) is 0 Å². The van der Waals surface area contributed by atoms with E-state index in [1.807, 2.05) is 20.0 Å². The molecule has 1 aliphatic rings. The van der Waals surface area contributed by atoms with E-state index in [9.17, 15) is 0 Å². The van der Waals surface area contributed by atoms with Crippen LogP contribution < -0.4 is 9.47 Å². The first-order valence-electron chi connectivity index (χ1n) is 10.2. The normalized spacial score (nSPS) is 19.6. The smallest absolute Gasteiger partial charge is 0.119 e. The van der Waals surface area contributed by atoms with E-state index >= 15 is 0 Å². The summed E-state index contributed by atoms with van der Waals surface area (Å²) in [5.41, 5.74) is 3.85. The summed E-state index contributed by atoms with van der Waals surface area (Å²) < 4.78 is 11.1. The van der Waals surface area contributed by atoms with Gasteiger partial charge in [0.05, 0.1) is 13.2 Å². The lowest BCUT2D eigenvalue weighted by Crippen LogP contribution is -2.20. The Bertz CT molecular complexity index is 889. The zero-order valence-electron chi connectivity index (χ0n) is 17.3. The van der Waals surface area contributed by atoms with Crippen LogP contribution >= 0.6 is 0 Å². The third-order valence-electron chi connectivity index (χ3n) is 5.56. The van der Waals surface area contributed by atoms with Gasteiger partial charge in [-0.1, -0.05) is 24.3 Å². The van der Waals surface area contributed by atoms with Gasteiger partial charge in [0, 0.05) is 43.4 Å². The fraction of sp³-hybridized carbons (Fsp3) is 0.375. The summed E-state index contributed by atoms with van der Waals surface area (Å²) in [4.78, 5) is 2.53.